The Balaban J connectivity index is 2.34. The molecule has 1 unspecified atom stereocenters. The average Bonchev–Trinajstić information content (AvgIpc) is 2.18. The predicted octanol–water partition coefficient (Wildman–Crippen LogP) is 3.46. The van der Waals surface area contributed by atoms with Crippen LogP contribution in [-0.2, 0) is 6.42 Å². The summed E-state index contributed by atoms with van der Waals surface area (Å²) in [5.74, 6) is 2.27. The minimum Gasteiger partial charge on any atom is -0.327 e. The molecule has 0 amide bonds. The summed E-state index contributed by atoms with van der Waals surface area (Å²) in [6, 6.07) is 8.65. The van der Waals surface area contributed by atoms with Gasteiger partial charge in [0, 0.05) is 16.3 Å². The monoisotopic (exact) mass is 287 g/mol. The minimum atomic E-state index is 0.274. The zero-order valence-electron chi connectivity index (χ0n) is 9.08. The SMILES string of the molecule is CCCSCC(N)Cc1cccc(Br)c1. The number of nitrogens with two attached hydrogens (primary N) is 1. The van der Waals surface area contributed by atoms with Gasteiger partial charge in [-0.25, -0.2) is 0 Å². The molecule has 1 aromatic carbocycles. The van der Waals surface area contributed by atoms with E-state index in [1.807, 2.05) is 17.8 Å². The number of benzene rings is 1. The summed E-state index contributed by atoms with van der Waals surface area (Å²) in [6.07, 6.45) is 2.20. The van der Waals surface area contributed by atoms with E-state index in [4.69, 9.17) is 5.73 Å². The molecule has 0 radical (unpaired) electrons. The van der Waals surface area contributed by atoms with E-state index in [1.54, 1.807) is 0 Å². The van der Waals surface area contributed by atoms with Gasteiger partial charge in [0.1, 0.15) is 0 Å². The van der Waals surface area contributed by atoms with Crippen molar-refractivity contribution >= 4 is 27.7 Å². The van der Waals surface area contributed by atoms with Crippen LogP contribution in [0.1, 0.15) is 18.9 Å². The first-order valence-electron chi connectivity index (χ1n) is 5.30. The van der Waals surface area contributed by atoms with E-state index < -0.39 is 0 Å². The first kappa shape index (κ1) is 13.1. The van der Waals surface area contributed by atoms with Crippen LogP contribution < -0.4 is 5.73 Å². The zero-order valence-corrected chi connectivity index (χ0v) is 11.5. The first-order chi connectivity index (χ1) is 7.22. The van der Waals surface area contributed by atoms with Crippen LogP contribution in [-0.4, -0.2) is 17.5 Å². The van der Waals surface area contributed by atoms with Gasteiger partial charge in [0.15, 0.2) is 0 Å². The highest BCUT2D eigenvalue weighted by Gasteiger charge is 2.04. The van der Waals surface area contributed by atoms with Crippen LogP contribution in [0, 0.1) is 0 Å². The molecule has 0 heterocycles. The van der Waals surface area contributed by atoms with Crippen LogP contribution in [0.15, 0.2) is 28.7 Å². The smallest absolute Gasteiger partial charge is 0.0178 e. The second-order valence-electron chi connectivity index (χ2n) is 3.67. The van der Waals surface area contributed by atoms with Gasteiger partial charge in [0.25, 0.3) is 0 Å². The Labute approximate surface area is 105 Å². The Kier molecular flexibility index (Phi) is 6.37. The number of hydrogen-bond donors (Lipinski definition) is 1. The van der Waals surface area contributed by atoms with Gasteiger partial charge in [-0.2, -0.15) is 11.8 Å². The van der Waals surface area contributed by atoms with Crippen molar-refractivity contribution < 1.29 is 0 Å². The van der Waals surface area contributed by atoms with Crippen molar-refractivity contribution in [3.63, 3.8) is 0 Å². The van der Waals surface area contributed by atoms with E-state index in [1.165, 1.54) is 17.7 Å². The Bertz CT molecular complexity index is 291. The lowest BCUT2D eigenvalue weighted by Crippen LogP contribution is -2.25. The fourth-order valence-corrected chi connectivity index (χ4v) is 2.73. The lowest BCUT2D eigenvalue weighted by Gasteiger charge is -2.11. The summed E-state index contributed by atoms with van der Waals surface area (Å²) in [6.45, 7) is 2.20. The molecule has 0 bridgehead atoms. The van der Waals surface area contributed by atoms with Gasteiger partial charge in [-0.05, 0) is 36.3 Å². The molecule has 1 aromatic rings. The van der Waals surface area contributed by atoms with E-state index in [0.717, 1.165) is 16.6 Å². The summed E-state index contributed by atoms with van der Waals surface area (Å²) in [4.78, 5) is 0. The summed E-state index contributed by atoms with van der Waals surface area (Å²) < 4.78 is 1.13. The molecule has 0 aliphatic carbocycles. The summed E-state index contributed by atoms with van der Waals surface area (Å²) >= 11 is 5.42. The molecule has 15 heavy (non-hydrogen) atoms. The van der Waals surface area contributed by atoms with Crippen molar-refractivity contribution in [2.45, 2.75) is 25.8 Å². The summed E-state index contributed by atoms with van der Waals surface area (Å²) in [7, 11) is 0. The number of hydrogen-bond acceptors (Lipinski definition) is 2. The Hall–Kier alpha value is 0.01000. The quantitative estimate of drug-likeness (QED) is 0.811. The van der Waals surface area contributed by atoms with Crippen molar-refractivity contribution in [2.24, 2.45) is 5.73 Å². The van der Waals surface area contributed by atoms with Crippen molar-refractivity contribution in [3.05, 3.63) is 34.3 Å². The lowest BCUT2D eigenvalue weighted by molar-refractivity contribution is 0.748. The maximum Gasteiger partial charge on any atom is 0.0178 e. The van der Waals surface area contributed by atoms with Crippen molar-refractivity contribution in [1.29, 1.82) is 0 Å². The van der Waals surface area contributed by atoms with Crippen molar-refractivity contribution in [3.8, 4) is 0 Å². The van der Waals surface area contributed by atoms with Crippen LogP contribution in [0.25, 0.3) is 0 Å². The van der Waals surface area contributed by atoms with E-state index in [2.05, 4.69) is 41.1 Å². The highest BCUT2D eigenvalue weighted by Crippen LogP contribution is 2.14. The molecular formula is C12H18BrNS. The molecule has 1 rings (SSSR count). The number of thioether (sulfide) groups is 1. The topological polar surface area (TPSA) is 26.0 Å². The highest BCUT2D eigenvalue weighted by molar-refractivity contribution is 9.10. The second kappa shape index (κ2) is 7.31. The maximum absolute atomic E-state index is 6.06. The van der Waals surface area contributed by atoms with Gasteiger partial charge in [-0.3, -0.25) is 0 Å². The molecule has 1 nitrogen and oxygen atoms in total. The molecular weight excluding hydrogens is 270 g/mol. The number of halogens is 1. The molecule has 0 saturated heterocycles. The Morgan fingerprint density at radius 3 is 2.93 bits per heavy atom. The second-order valence-corrected chi connectivity index (χ2v) is 5.73. The fraction of sp³-hybridized carbons (Fsp3) is 0.500. The fourth-order valence-electron chi connectivity index (χ4n) is 1.40. The predicted molar refractivity (Wildman–Crippen MR) is 73.4 cm³/mol. The molecule has 1 atom stereocenters. The third-order valence-electron chi connectivity index (χ3n) is 2.07. The van der Waals surface area contributed by atoms with E-state index in [-0.39, 0.29) is 6.04 Å². The Morgan fingerprint density at radius 2 is 2.27 bits per heavy atom. The van der Waals surface area contributed by atoms with Gasteiger partial charge in [0.05, 0.1) is 0 Å². The van der Waals surface area contributed by atoms with Crippen LogP contribution in [0.2, 0.25) is 0 Å². The maximum atomic E-state index is 6.06. The van der Waals surface area contributed by atoms with Gasteiger partial charge in [-0.15, -0.1) is 0 Å². The zero-order chi connectivity index (χ0) is 11.1. The molecule has 0 saturated carbocycles. The van der Waals surface area contributed by atoms with Gasteiger partial charge >= 0.3 is 0 Å². The van der Waals surface area contributed by atoms with E-state index in [0.29, 0.717) is 0 Å². The molecule has 0 fully saturated rings. The van der Waals surface area contributed by atoms with Crippen LogP contribution in [0.5, 0.6) is 0 Å². The van der Waals surface area contributed by atoms with Crippen molar-refractivity contribution in [2.75, 3.05) is 11.5 Å². The lowest BCUT2D eigenvalue weighted by atomic mass is 10.1. The summed E-state index contributed by atoms with van der Waals surface area (Å²) in [5.41, 5.74) is 7.37. The van der Waals surface area contributed by atoms with Crippen molar-refractivity contribution in [1.82, 2.24) is 0 Å². The third-order valence-corrected chi connectivity index (χ3v) is 3.92. The molecule has 0 aliphatic rings. The summed E-state index contributed by atoms with van der Waals surface area (Å²) in [5, 5.41) is 0. The van der Waals surface area contributed by atoms with E-state index >= 15 is 0 Å². The van der Waals surface area contributed by atoms with Gasteiger partial charge < -0.3 is 5.73 Å². The molecule has 84 valence electrons. The molecule has 0 spiro atoms. The average molecular weight is 288 g/mol. The van der Waals surface area contributed by atoms with E-state index in [9.17, 15) is 0 Å². The highest BCUT2D eigenvalue weighted by atomic mass is 79.9. The first-order valence-corrected chi connectivity index (χ1v) is 7.25. The van der Waals surface area contributed by atoms with Crippen LogP contribution in [0.4, 0.5) is 0 Å². The third kappa shape index (κ3) is 5.59. The minimum absolute atomic E-state index is 0.274. The Morgan fingerprint density at radius 1 is 1.47 bits per heavy atom. The number of rotatable bonds is 6. The molecule has 0 aromatic heterocycles. The van der Waals surface area contributed by atoms with Gasteiger partial charge in [0.2, 0.25) is 0 Å². The molecule has 0 aliphatic heterocycles. The molecule has 3 heteroatoms. The van der Waals surface area contributed by atoms with Crippen LogP contribution >= 0.6 is 27.7 Å². The normalized spacial score (nSPS) is 12.7. The van der Waals surface area contributed by atoms with Crippen LogP contribution in [0.3, 0.4) is 0 Å². The van der Waals surface area contributed by atoms with Gasteiger partial charge in [-0.1, -0.05) is 35.0 Å². The standard InChI is InChI=1S/C12H18BrNS/c1-2-6-15-9-12(14)8-10-4-3-5-11(13)7-10/h3-5,7,12H,2,6,8-9,14H2,1H3. The molecule has 2 N–H and O–H groups in total. The largest absolute Gasteiger partial charge is 0.327 e.